The summed E-state index contributed by atoms with van der Waals surface area (Å²) >= 11 is 1.68. The average molecular weight is 313 g/mol. The maximum Gasteiger partial charge on any atom is 0.387 e. The Balaban J connectivity index is 2.03. The highest BCUT2D eigenvalue weighted by molar-refractivity contribution is 7.10. The highest BCUT2D eigenvalue weighted by atomic mass is 32.1. The summed E-state index contributed by atoms with van der Waals surface area (Å²) in [6.07, 6.45) is 0. The first-order valence-electron chi connectivity index (χ1n) is 6.48. The number of ether oxygens (including phenoxy) is 2. The van der Waals surface area contributed by atoms with Crippen LogP contribution in [-0.4, -0.2) is 13.7 Å². The number of thiophene rings is 1. The third-order valence-corrected chi connectivity index (χ3v) is 4.08. The Morgan fingerprint density at radius 3 is 2.67 bits per heavy atom. The molecule has 0 radical (unpaired) electrons. The molecule has 0 spiro atoms. The second-order valence-electron chi connectivity index (χ2n) is 4.48. The Morgan fingerprint density at radius 1 is 1.24 bits per heavy atom. The lowest BCUT2D eigenvalue weighted by molar-refractivity contribution is -0.0512. The van der Waals surface area contributed by atoms with Crippen molar-refractivity contribution in [3.05, 3.63) is 46.2 Å². The number of alkyl halides is 2. The minimum absolute atomic E-state index is 0.0515. The van der Waals surface area contributed by atoms with Gasteiger partial charge in [-0.05, 0) is 36.1 Å². The Kier molecular flexibility index (Phi) is 5.52. The molecule has 1 aromatic heterocycles. The highest BCUT2D eigenvalue weighted by Crippen LogP contribution is 2.29. The second kappa shape index (κ2) is 7.38. The van der Waals surface area contributed by atoms with Crippen LogP contribution in [0.15, 0.2) is 35.7 Å². The standard InChI is InChI=1S/C15H17F2NO2S/c1-10(14-4-3-7-21-14)18-9-11-5-6-12(19-2)13(8-11)20-15(16)17/h3-8,10,15,18H,9H2,1-2H3/t10-/m0/s1. The summed E-state index contributed by atoms with van der Waals surface area (Å²) in [6, 6.07) is 9.28. The fourth-order valence-electron chi connectivity index (χ4n) is 1.93. The molecule has 1 atom stereocenters. The van der Waals surface area contributed by atoms with Crippen molar-refractivity contribution in [1.29, 1.82) is 0 Å². The summed E-state index contributed by atoms with van der Waals surface area (Å²) in [6.45, 7) is -0.249. The van der Waals surface area contributed by atoms with Gasteiger partial charge in [0, 0.05) is 17.5 Å². The molecule has 6 heteroatoms. The summed E-state index contributed by atoms with van der Waals surface area (Å²) in [5, 5.41) is 5.37. The summed E-state index contributed by atoms with van der Waals surface area (Å²) in [5.74, 6) is 0.348. The predicted octanol–water partition coefficient (Wildman–Crippen LogP) is 4.21. The lowest BCUT2D eigenvalue weighted by Gasteiger charge is -2.14. The van der Waals surface area contributed by atoms with E-state index in [1.54, 1.807) is 23.5 Å². The first-order valence-corrected chi connectivity index (χ1v) is 7.36. The van der Waals surface area contributed by atoms with E-state index in [1.165, 1.54) is 12.0 Å². The van der Waals surface area contributed by atoms with Gasteiger partial charge < -0.3 is 14.8 Å². The van der Waals surface area contributed by atoms with Gasteiger partial charge >= 0.3 is 6.61 Å². The van der Waals surface area contributed by atoms with Crippen LogP contribution in [0.4, 0.5) is 8.78 Å². The van der Waals surface area contributed by atoms with Crippen molar-refractivity contribution in [2.75, 3.05) is 7.11 Å². The molecule has 2 aromatic rings. The van der Waals surface area contributed by atoms with E-state index in [-0.39, 0.29) is 11.8 Å². The summed E-state index contributed by atoms with van der Waals surface area (Å²) < 4.78 is 34.2. The quantitative estimate of drug-likeness (QED) is 0.830. The number of benzene rings is 1. The maximum atomic E-state index is 12.4. The van der Waals surface area contributed by atoms with Gasteiger partial charge in [-0.3, -0.25) is 0 Å². The van der Waals surface area contributed by atoms with Crippen LogP contribution in [0.5, 0.6) is 11.5 Å². The van der Waals surface area contributed by atoms with Gasteiger partial charge in [-0.25, -0.2) is 0 Å². The van der Waals surface area contributed by atoms with E-state index in [1.807, 2.05) is 17.5 Å². The van der Waals surface area contributed by atoms with Gasteiger partial charge in [-0.15, -0.1) is 11.3 Å². The molecule has 0 amide bonds. The van der Waals surface area contributed by atoms with Gasteiger partial charge in [0.25, 0.3) is 0 Å². The largest absolute Gasteiger partial charge is 0.493 e. The van der Waals surface area contributed by atoms with Crippen molar-refractivity contribution in [2.24, 2.45) is 0 Å². The van der Waals surface area contributed by atoms with Gasteiger partial charge in [0.2, 0.25) is 0 Å². The van der Waals surface area contributed by atoms with Gasteiger partial charge in [-0.2, -0.15) is 8.78 Å². The third kappa shape index (κ3) is 4.41. The SMILES string of the molecule is COc1ccc(CN[C@@H](C)c2cccs2)cc1OC(F)F. The van der Waals surface area contributed by atoms with Crippen molar-refractivity contribution in [3.63, 3.8) is 0 Å². The smallest absolute Gasteiger partial charge is 0.387 e. The van der Waals surface area contributed by atoms with Gasteiger partial charge in [0.1, 0.15) is 0 Å². The molecule has 114 valence electrons. The van der Waals surface area contributed by atoms with Crippen LogP contribution in [0.1, 0.15) is 23.4 Å². The van der Waals surface area contributed by atoms with Crippen molar-refractivity contribution in [1.82, 2.24) is 5.32 Å². The van der Waals surface area contributed by atoms with E-state index >= 15 is 0 Å². The van der Waals surface area contributed by atoms with Gasteiger partial charge in [0.05, 0.1) is 7.11 Å². The minimum atomic E-state index is -2.87. The monoisotopic (exact) mass is 313 g/mol. The van der Waals surface area contributed by atoms with E-state index < -0.39 is 6.61 Å². The molecule has 0 bridgehead atoms. The molecule has 3 nitrogen and oxygen atoms in total. The van der Waals surface area contributed by atoms with Crippen LogP contribution in [0, 0.1) is 0 Å². The molecular weight excluding hydrogens is 296 g/mol. The molecule has 0 aliphatic carbocycles. The Labute approximate surface area is 126 Å². The Hall–Kier alpha value is -1.66. The van der Waals surface area contributed by atoms with E-state index in [0.717, 1.165) is 5.56 Å². The summed E-state index contributed by atoms with van der Waals surface area (Å²) in [4.78, 5) is 1.23. The lowest BCUT2D eigenvalue weighted by Crippen LogP contribution is -2.17. The van der Waals surface area contributed by atoms with Crippen molar-refractivity contribution < 1.29 is 18.3 Å². The van der Waals surface area contributed by atoms with Gasteiger partial charge in [0.15, 0.2) is 11.5 Å². The van der Waals surface area contributed by atoms with Crippen LogP contribution in [0.3, 0.4) is 0 Å². The molecule has 2 rings (SSSR count). The third-order valence-electron chi connectivity index (χ3n) is 3.03. The number of hydrogen-bond donors (Lipinski definition) is 1. The molecule has 21 heavy (non-hydrogen) atoms. The van der Waals surface area contributed by atoms with E-state index in [4.69, 9.17) is 4.74 Å². The minimum Gasteiger partial charge on any atom is -0.493 e. The topological polar surface area (TPSA) is 30.5 Å². The second-order valence-corrected chi connectivity index (χ2v) is 5.46. The normalized spacial score (nSPS) is 12.4. The van der Waals surface area contributed by atoms with Crippen LogP contribution >= 0.6 is 11.3 Å². The zero-order chi connectivity index (χ0) is 15.2. The summed E-state index contributed by atoms with van der Waals surface area (Å²) in [5.41, 5.74) is 0.856. The molecule has 0 fully saturated rings. The molecule has 0 aliphatic heterocycles. The number of hydrogen-bond acceptors (Lipinski definition) is 4. The van der Waals surface area contributed by atoms with Crippen molar-refractivity contribution in [3.8, 4) is 11.5 Å². The molecule has 1 N–H and O–H groups in total. The fraction of sp³-hybridized carbons (Fsp3) is 0.333. The van der Waals surface area contributed by atoms with E-state index in [2.05, 4.69) is 23.0 Å². The number of nitrogens with one attached hydrogen (secondary N) is 1. The first-order chi connectivity index (χ1) is 10.1. The number of methoxy groups -OCH3 is 1. The predicted molar refractivity (Wildman–Crippen MR) is 79.2 cm³/mol. The molecule has 0 aliphatic rings. The summed E-state index contributed by atoms with van der Waals surface area (Å²) in [7, 11) is 1.42. The van der Waals surface area contributed by atoms with Crippen LogP contribution in [0.2, 0.25) is 0 Å². The zero-order valence-electron chi connectivity index (χ0n) is 11.8. The van der Waals surface area contributed by atoms with Crippen LogP contribution in [0.25, 0.3) is 0 Å². The highest BCUT2D eigenvalue weighted by Gasteiger charge is 2.12. The first kappa shape index (κ1) is 15.7. The van der Waals surface area contributed by atoms with Gasteiger partial charge in [-0.1, -0.05) is 12.1 Å². The molecule has 0 unspecified atom stereocenters. The molecule has 1 heterocycles. The van der Waals surface area contributed by atoms with Crippen molar-refractivity contribution in [2.45, 2.75) is 26.1 Å². The van der Waals surface area contributed by atoms with E-state index in [0.29, 0.717) is 12.3 Å². The van der Waals surface area contributed by atoms with E-state index in [9.17, 15) is 8.78 Å². The number of rotatable bonds is 7. The number of halogens is 2. The molecule has 0 saturated heterocycles. The fourth-order valence-corrected chi connectivity index (χ4v) is 2.69. The lowest BCUT2D eigenvalue weighted by atomic mass is 10.2. The Morgan fingerprint density at radius 2 is 2.05 bits per heavy atom. The molecule has 1 aromatic carbocycles. The van der Waals surface area contributed by atoms with Crippen molar-refractivity contribution >= 4 is 11.3 Å². The zero-order valence-corrected chi connectivity index (χ0v) is 12.6. The molecular formula is C15H17F2NO2S. The average Bonchev–Trinajstić information content (AvgIpc) is 2.98. The molecule has 0 saturated carbocycles. The Bertz CT molecular complexity index is 561. The van der Waals surface area contributed by atoms with Crippen LogP contribution in [-0.2, 0) is 6.54 Å². The van der Waals surface area contributed by atoms with Crippen LogP contribution < -0.4 is 14.8 Å². The maximum absolute atomic E-state index is 12.4.